The van der Waals surface area contributed by atoms with Gasteiger partial charge in [0.15, 0.2) is 11.7 Å². The van der Waals surface area contributed by atoms with Gasteiger partial charge < -0.3 is 20.8 Å². The summed E-state index contributed by atoms with van der Waals surface area (Å²) < 4.78 is 4.79. The third kappa shape index (κ3) is 3.10. The number of benzene rings is 1. The van der Waals surface area contributed by atoms with Crippen LogP contribution in [0.1, 0.15) is 27.6 Å². The Kier molecular flexibility index (Phi) is 3.94. The summed E-state index contributed by atoms with van der Waals surface area (Å²) in [4.78, 5) is 15.8. The molecule has 0 aliphatic carbocycles. The molecular formula is C12H13N5O3. The van der Waals surface area contributed by atoms with Gasteiger partial charge in [0.05, 0.1) is 6.54 Å². The van der Waals surface area contributed by atoms with E-state index in [2.05, 4.69) is 20.6 Å². The molecule has 104 valence electrons. The molecule has 0 bridgehead atoms. The Morgan fingerprint density at radius 1 is 1.40 bits per heavy atom. The predicted octanol–water partition coefficient (Wildman–Crippen LogP) is 0.403. The minimum absolute atomic E-state index is 0.0146. The van der Waals surface area contributed by atoms with Crippen molar-refractivity contribution in [2.75, 3.05) is 0 Å². The van der Waals surface area contributed by atoms with E-state index in [9.17, 15) is 4.79 Å². The van der Waals surface area contributed by atoms with Gasteiger partial charge in [0.2, 0.25) is 5.89 Å². The number of aromatic nitrogens is 2. The van der Waals surface area contributed by atoms with Crippen LogP contribution in [0.5, 0.6) is 0 Å². The number of carbonyl (C=O) groups excluding carboxylic acids is 1. The van der Waals surface area contributed by atoms with Gasteiger partial charge in [0.25, 0.3) is 5.91 Å². The molecule has 0 atom stereocenters. The zero-order chi connectivity index (χ0) is 14.5. The van der Waals surface area contributed by atoms with Crippen LogP contribution in [0.25, 0.3) is 0 Å². The van der Waals surface area contributed by atoms with Crippen LogP contribution in [0.4, 0.5) is 0 Å². The number of nitrogens with zero attached hydrogens (tertiary/aromatic N) is 3. The maximum atomic E-state index is 11.9. The quantitative estimate of drug-likeness (QED) is 0.321. The zero-order valence-electron chi connectivity index (χ0n) is 10.7. The first-order valence-electron chi connectivity index (χ1n) is 5.75. The summed E-state index contributed by atoms with van der Waals surface area (Å²) >= 11 is 0. The maximum Gasteiger partial charge on any atom is 0.251 e. The van der Waals surface area contributed by atoms with Gasteiger partial charge in [0.1, 0.15) is 0 Å². The highest BCUT2D eigenvalue weighted by atomic mass is 16.5. The molecule has 0 saturated carbocycles. The summed E-state index contributed by atoms with van der Waals surface area (Å²) in [5, 5.41) is 17.7. The van der Waals surface area contributed by atoms with Crippen molar-refractivity contribution in [2.24, 2.45) is 10.9 Å². The Labute approximate surface area is 114 Å². The van der Waals surface area contributed by atoms with E-state index in [4.69, 9.17) is 15.5 Å². The molecule has 0 spiro atoms. The number of nitrogens with one attached hydrogen (secondary N) is 1. The van der Waals surface area contributed by atoms with Crippen LogP contribution in [0, 0.1) is 6.92 Å². The second kappa shape index (κ2) is 5.83. The lowest BCUT2D eigenvalue weighted by Crippen LogP contribution is -2.23. The molecule has 0 unspecified atom stereocenters. The fraction of sp³-hybridized carbons (Fsp3) is 0.167. The van der Waals surface area contributed by atoms with Gasteiger partial charge in [-0.05, 0) is 12.1 Å². The van der Waals surface area contributed by atoms with Gasteiger partial charge in [0, 0.05) is 18.1 Å². The van der Waals surface area contributed by atoms with Gasteiger partial charge in [-0.15, -0.1) is 0 Å². The Hall–Kier alpha value is -2.90. The maximum absolute atomic E-state index is 11.9. The van der Waals surface area contributed by atoms with Crippen molar-refractivity contribution >= 4 is 11.7 Å². The van der Waals surface area contributed by atoms with Crippen molar-refractivity contribution in [1.82, 2.24) is 15.5 Å². The number of oxime groups is 1. The van der Waals surface area contributed by atoms with Crippen molar-refractivity contribution in [2.45, 2.75) is 13.5 Å². The van der Waals surface area contributed by atoms with E-state index in [0.717, 1.165) is 0 Å². The standard InChI is InChI=1S/C12H13N5O3/c1-7-15-10(17-20-7)6-14-12(18)9-4-2-8(3-5-9)11(13)16-19/h2-5,19H,6H2,1H3,(H2,13,16)(H,14,18). The molecule has 1 heterocycles. The molecule has 0 aliphatic rings. The van der Waals surface area contributed by atoms with Gasteiger partial charge in [-0.25, -0.2) is 0 Å². The monoisotopic (exact) mass is 275 g/mol. The Bertz CT molecular complexity index is 633. The number of nitrogens with two attached hydrogens (primary N) is 1. The van der Waals surface area contributed by atoms with Gasteiger partial charge in [-0.1, -0.05) is 22.4 Å². The van der Waals surface area contributed by atoms with E-state index >= 15 is 0 Å². The molecule has 20 heavy (non-hydrogen) atoms. The lowest BCUT2D eigenvalue weighted by atomic mass is 10.1. The van der Waals surface area contributed by atoms with Crippen LogP contribution in [0.3, 0.4) is 0 Å². The second-order valence-electron chi connectivity index (χ2n) is 3.97. The highest BCUT2D eigenvalue weighted by Gasteiger charge is 2.08. The van der Waals surface area contributed by atoms with Crippen LogP contribution in [-0.2, 0) is 6.54 Å². The van der Waals surface area contributed by atoms with Gasteiger partial charge >= 0.3 is 0 Å². The molecule has 1 aromatic heterocycles. The fourth-order valence-corrected chi connectivity index (χ4v) is 1.52. The minimum Gasteiger partial charge on any atom is -0.409 e. The van der Waals surface area contributed by atoms with Crippen LogP contribution in [0.2, 0.25) is 0 Å². The minimum atomic E-state index is -0.279. The fourth-order valence-electron chi connectivity index (χ4n) is 1.52. The Balaban J connectivity index is 1.99. The zero-order valence-corrected chi connectivity index (χ0v) is 10.7. The molecule has 1 aromatic carbocycles. The molecule has 1 amide bonds. The van der Waals surface area contributed by atoms with Crippen LogP contribution >= 0.6 is 0 Å². The lowest BCUT2D eigenvalue weighted by Gasteiger charge is -2.03. The molecule has 8 heteroatoms. The number of amides is 1. The normalized spacial score (nSPS) is 11.3. The number of carbonyl (C=O) groups is 1. The highest BCUT2D eigenvalue weighted by molar-refractivity contribution is 5.99. The molecule has 0 radical (unpaired) electrons. The van der Waals surface area contributed by atoms with Crippen molar-refractivity contribution in [3.8, 4) is 0 Å². The summed E-state index contributed by atoms with van der Waals surface area (Å²) in [7, 11) is 0. The average Bonchev–Trinajstić information content (AvgIpc) is 2.89. The SMILES string of the molecule is Cc1nc(CNC(=O)c2ccc(/C(N)=N/O)cc2)no1. The van der Waals surface area contributed by atoms with Gasteiger partial charge in [-0.3, -0.25) is 4.79 Å². The third-order valence-corrected chi connectivity index (χ3v) is 2.53. The summed E-state index contributed by atoms with van der Waals surface area (Å²) in [5.41, 5.74) is 6.40. The molecular weight excluding hydrogens is 262 g/mol. The number of hydrogen-bond acceptors (Lipinski definition) is 6. The van der Waals surface area contributed by atoms with E-state index in [1.54, 1.807) is 31.2 Å². The highest BCUT2D eigenvalue weighted by Crippen LogP contribution is 2.04. The van der Waals surface area contributed by atoms with E-state index in [-0.39, 0.29) is 18.3 Å². The van der Waals surface area contributed by atoms with Gasteiger partial charge in [-0.2, -0.15) is 4.98 Å². The van der Waals surface area contributed by atoms with Crippen molar-refractivity contribution in [1.29, 1.82) is 0 Å². The van der Waals surface area contributed by atoms with Crippen LogP contribution in [0.15, 0.2) is 33.9 Å². The van der Waals surface area contributed by atoms with E-state index in [0.29, 0.717) is 22.8 Å². The summed E-state index contributed by atoms with van der Waals surface area (Å²) in [6.07, 6.45) is 0. The van der Waals surface area contributed by atoms with Crippen molar-refractivity contribution in [3.05, 3.63) is 47.1 Å². The number of amidine groups is 1. The second-order valence-corrected chi connectivity index (χ2v) is 3.97. The molecule has 0 saturated heterocycles. The lowest BCUT2D eigenvalue weighted by molar-refractivity contribution is 0.0949. The molecule has 0 fully saturated rings. The molecule has 0 aliphatic heterocycles. The predicted molar refractivity (Wildman–Crippen MR) is 69.2 cm³/mol. The third-order valence-electron chi connectivity index (χ3n) is 2.53. The number of rotatable bonds is 4. The van der Waals surface area contributed by atoms with Crippen LogP contribution < -0.4 is 11.1 Å². The molecule has 4 N–H and O–H groups in total. The largest absolute Gasteiger partial charge is 0.409 e. The van der Waals surface area contributed by atoms with E-state index < -0.39 is 0 Å². The Morgan fingerprint density at radius 3 is 2.60 bits per heavy atom. The smallest absolute Gasteiger partial charge is 0.251 e. The van der Waals surface area contributed by atoms with Crippen LogP contribution in [-0.4, -0.2) is 27.1 Å². The molecule has 2 aromatic rings. The topological polar surface area (TPSA) is 127 Å². The number of aryl methyl sites for hydroxylation is 1. The first-order valence-corrected chi connectivity index (χ1v) is 5.75. The number of hydrogen-bond donors (Lipinski definition) is 3. The first kappa shape index (κ1) is 13.5. The molecule has 8 nitrogen and oxygen atoms in total. The summed E-state index contributed by atoms with van der Waals surface area (Å²) in [5.74, 6) is 0.555. The average molecular weight is 275 g/mol. The summed E-state index contributed by atoms with van der Waals surface area (Å²) in [6, 6.07) is 6.32. The summed E-state index contributed by atoms with van der Waals surface area (Å²) in [6.45, 7) is 1.85. The van der Waals surface area contributed by atoms with Crippen molar-refractivity contribution in [3.63, 3.8) is 0 Å². The Morgan fingerprint density at radius 2 is 2.05 bits per heavy atom. The van der Waals surface area contributed by atoms with Crippen molar-refractivity contribution < 1.29 is 14.5 Å². The first-order chi connectivity index (χ1) is 9.60. The van der Waals surface area contributed by atoms with E-state index in [1.807, 2.05) is 0 Å². The molecule has 2 rings (SSSR count). The van der Waals surface area contributed by atoms with E-state index in [1.165, 1.54) is 0 Å².